The summed E-state index contributed by atoms with van der Waals surface area (Å²) in [5.74, 6) is 1.64. The monoisotopic (exact) mass is 398 g/mol. The van der Waals surface area contributed by atoms with Gasteiger partial charge in [-0.3, -0.25) is 4.99 Å². The van der Waals surface area contributed by atoms with Crippen molar-refractivity contribution >= 4 is 23.9 Å². The molecule has 0 aromatic carbocycles. The Kier molecular flexibility index (Phi) is 6.11. The predicted molar refractivity (Wildman–Crippen MR) is 111 cm³/mol. The number of aliphatic imine (C=N–C) groups is 1. The number of ether oxygens (including phenoxy) is 2. The van der Waals surface area contributed by atoms with Crippen LogP contribution in [0.1, 0.15) is 18.4 Å². The van der Waals surface area contributed by atoms with Gasteiger partial charge in [-0.1, -0.05) is 0 Å². The summed E-state index contributed by atoms with van der Waals surface area (Å²) in [5.41, 5.74) is 7.97. The smallest absolute Gasteiger partial charge is 0.228 e. The third kappa shape index (κ3) is 4.60. The van der Waals surface area contributed by atoms with Crippen molar-refractivity contribution in [1.82, 2.24) is 19.9 Å². The zero-order valence-corrected chi connectivity index (χ0v) is 16.5. The molecular weight excluding hydrogens is 372 g/mol. The SMILES string of the molecule is C/N=C\c1c(NC2CCOCC2)nc(N2CCOCC2)nc1-c1cnc(N)nc1. The normalized spacial score (nSPS) is 18.3. The fourth-order valence-electron chi connectivity index (χ4n) is 3.44. The molecule has 4 heterocycles. The third-order valence-corrected chi connectivity index (χ3v) is 4.99. The van der Waals surface area contributed by atoms with E-state index in [1.54, 1.807) is 25.7 Å². The Balaban J connectivity index is 1.79. The molecule has 0 saturated carbocycles. The largest absolute Gasteiger partial charge is 0.381 e. The quantitative estimate of drug-likeness (QED) is 0.710. The summed E-state index contributed by atoms with van der Waals surface area (Å²) in [6.07, 6.45) is 6.99. The van der Waals surface area contributed by atoms with E-state index in [2.05, 4.69) is 25.2 Å². The van der Waals surface area contributed by atoms with Crippen molar-refractivity contribution in [2.75, 3.05) is 62.5 Å². The van der Waals surface area contributed by atoms with Crippen LogP contribution in [0.3, 0.4) is 0 Å². The number of morpholine rings is 1. The number of nitrogens with one attached hydrogen (secondary N) is 1. The summed E-state index contributed by atoms with van der Waals surface area (Å²) >= 11 is 0. The van der Waals surface area contributed by atoms with Gasteiger partial charge in [0.25, 0.3) is 0 Å². The van der Waals surface area contributed by atoms with Crippen molar-refractivity contribution in [2.24, 2.45) is 4.99 Å². The average Bonchev–Trinajstić information content (AvgIpc) is 2.77. The molecule has 0 unspecified atom stereocenters. The molecule has 4 rings (SSSR count). The van der Waals surface area contributed by atoms with Gasteiger partial charge in [-0.25, -0.2) is 15.0 Å². The van der Waals surface area contributed by atoms with Crippen LogP contribution in [0.15, 0.2) is 17.4 Å². The van der Waals surface area contributed by atoms with Crippen LogP contribution in [0.5, 0.6) is 0 Å². The first-order chi connectivity index (χ1) is 14.2. The average molecular weight is 398 g/mol. The van der Waals surface area contributed by atoms with Crippen molar-refractivity contribution in [3.8, 4) is 11.3 Å². The lowest BCUT2D eigenvalue weighted by Gasteiger charge is -2.29. The number of hydrogen-bond donors (Lipinski definition) is 2. The molecule has 2 fully saturated rings. The Hall–Kier alpha value is -2.85. The molecule has 2 aliphatic rings. The molecule has 0 spiro atoms. The summed E-state index contributed by atoms with van der Waals surface area (Å²) in [7, 11) is 1.73. The zero-order valence-electron chi connectivity index (χ0n) is 16.5. The predicted octanol–water partition coefficient (Wildman–Crippen LogP) is 0.992. The fourth-order valence-corrected chi connectivity index (χ4v) is 3.44. The Morgan fingerprint density at radius 1 is 1.10 bits per heavy atom. The third-order valence-electron chi connectivity index (χ3n) is 4.99. The van der Waals surface area contributed by atoms with Gasteiger partial charge < -0.3 is 25.4 Å². The fraction of sp³-hybridized carbons (Fsp3) is 0.526. The second kappa shape index (κ2) is 9.10. The maximum Gasteiger partial charge on any atom is 0.228 e. The Bertz CT molecular complexity index is 846. The highest BCUT2D eigenvalue weighted by molar-refractivity contribution is 5.94. The van der Waals surface area contributed by atoms with E-state index in [4.69, 9.17) is 25.2 Å². The summed E-state index contributed by atoms with van der Waals surface area (Å²) in [6, 6.07) is 0.288. The number of nitrogen functional groups attached to an aromatic ring is 1. The minimum Gasteiger partial charge on any atom is -0.381 e. The van der Waals surface area contributed by atoms with Crippen LogP contribution >= 0.6 is 0 Å². The number of rotatable bonds is 5. The maximum absolute atomic E-state index is 5.67. The van der Waals surface area contributed by atoms with Gasteiger partial charge in [0, 0.05) is 63.6 Å². The molecule has 10 nitrogen and oxygen atoms in total. The highest BCUT2D eigenvalue weighted by Gasteiger charge is 2.23. The van der Waals surface area contributed by atoms with Gasteiger partial charge in [-0.05, 0) is 12.8 Å². The first kappa shape index (κ1) is 19.5. The molecular formula is C19H26N8O2. The molecule has 0 amide bonds. The number of anilines is 3. The van der Waals surface area contributed by atoms with E-state index in [1.807, 2.05) is 0 Å². The van der Waals surface area contributed by atoms with E-state index in [1.165, 1.54) is 0 Å². The summed E-state index contributed by atoms with van der Waals surface area (Å²) in [4.78, 5) is 24.4. The molecule has 0 bridgehead atoms. The highest BCUT2D eigenvalue weighted by Crippen LogP contribution is 2.29. The van der Waals surface area contributed by atoms with Crippen molar-refractivity contribution in [2.45, 2.75) is 18.9 Å². The highest BCUT2D eigenvalue weighted by atomic mass is 16.5. The van der Waals surface area contributed by atoms with Crippen LogP contribution in [-0.4, -0.2) is 78.8 Å². The summed E-state index contributed by atoms with van der Waals surface area (Å²) < 4.78 is 11.0. The maximum atomic E-state index is 5.67. The van der Waals surface area contributed by atoms with Gasteiger partial charge in [-0.2, -0.15) is 4.98 Å². The zero-order chi connectivity index (χ0) is 20.1. The lowest BCUT2D eigenvalue weighted by atomic mass is 10.1. The van der Waals surface area contributed by atoms with E-state index in [9.17, 15) is 0 Å². The van der Waals surface area contributed by atoms with Crippen LogP contribution in [0.25, 0.3) is 11.3 Å². The lowest BCUT2D eigenvalue weighted by Crippen LogP contribution is -2.38. The van der Waals surface area contributed by atoms with E-state index < -0.39 is 0 Å². The molecule has 2 aliphatic heterocycles. The van der Waals surface area contributed by atoms with Gasteiger partial charge in [0.1, 0.15) is 5.82 Å². The van der Waals surface area contributed by atoms with Gasteiger partial charge in [0.05, 0.1) is 24.5 Å². The first-order valence-electron chi connectivity index (χ1n) is 9.83. The number of nitrogens with two attached hydrogens (primary N) is 1. The molecule has 0 aliphatic carbocycles. The molecule has 2 aromatic rings. The Labute approximate surface area is 169 Å². The summed E-state index contributed by atoms with van der Waals surface area (Å²) in [5, 5.41) is 3.59. The van der Waals surface area contributed by atoms with Crippen LogP contribution in [0.2, 0.25) is 0 Å². The second-order valence-corrected chi connectivity index (χ2v) is 6.98. The molecule has 154 valence electrons. The molecule has 0 atom stereocenters. The minimum atomic E-state index is 0.225. The van der Waals surface area contributed by atoms with Crippen molar-refractivity contribution in [3.05, 3.63) is 18.0 Å². The number of hydrogen-bond acceptors (Lipinski definition) is 10. The van der Waals surface area contributed by atoms with E-state index >= 15 is 0 Å². The van der Waals surface area contributed by atoms with Crippen LogP contribution < -0.4 is 16.0 Å². The van der Waals surface area contributed by atoms with Crippen molar-refractivity contribution < 1.29 is 9.47 Å². The molecule has 3 N–H and O–H groups in total. The number of nitrogens with zero attached hydrogens (tertiary/aromatic N) is 6. The van der Waals surface area contributed by atoms with E-state index in [-0.39, 0.29) is 12.0 Å². The van der Waals surface area contributed by atoms with Gasteiger partial charge >= 0.3 is 0 Å². The standard InChI is InChI=1S/C19H26N8O2/c1-21-12-15-16(13-10-22-18(20)23-11-13)25-19(27-4-8-29-9-5-27)26-17(15)24-14-2-6-28-7-3-14/h10-12,14H,2-9H2,1H3,(H2,20,22,23)(H,24,25,26)/b21-12-. The molecule has 0 radical (unpaired) electrons. The minimum absolute atomic E-state index is 0.225. The van der Waals surface area contributed by atoms with Gasteiger partial charge in [0.15, 0.2) is 0 Å². The Morgan fingerprint density at radius 3 is 2.48 bits per heavy atom. The molecule has 2 aromatic heterocycles. The van der Waals surface area contributed by atoms with E-state index in [0.29, 0.717) is 19.2 Å². The molecule has 29 heavy (non-hydrogen) atoms. The molecule has 10 heteroatoms. The van der Waals surface area contributed by atoms with Crippen LogP contribution in [-0.2, 0) is 9.47 Å². The van der Waals surface area contributed by atoms with Gasteiger partial charge in [0.2, 0.25) is 11.9 Å². The summed E-state index contributed by atoms with van der Waals surface area (Å²) in [6.45, 7) is 4.30. The second-order valence-electron chi connectivity index (χ2n) is 6.98. The topological polar surface area (TPSA) is 124 Å². The van der Waals surface area contributed by atoms with Crippen molar-refractivity contribution in [3.63, 3.8) is 0 Å². The lowest BCUT2D eigenvalue weighted by molar-refractivity contribution is 0.0904. The Morgan fingerprint density at radius 2 is 1.79 bits per heavy atom. The van der Waals surface area contributed by atoms with E-state index in [0.717, 1.165) is 61.8 Å². The molecule has 2 saturated heterocycles. The first-order valence-corrected chi connectivity index (χ1v) is 9.83. The number of aromatic nitrogens is 4. The van der Waals surface area contributed by atoms with Crippen molar-refractivity contribution in [1.29, 1.82) is 0 Å². The van der Waals surface area contributed by atoms with Crippen LogP contribution in [0.4, 0.5) is 17.7 Å². The van der Waals surface area contributed by atoms with Gasteiger partial charge in [-0.15, -0.1) is 0 Å². The van der Waals surface area contributed by atoms with Crippen LogP contribution in [0, 0.1) is 0 Å².